The van der Waals surface area contributed by atoms with Crippen molar-refractivity contribution in [3.05, 3.63) is 83.9 Å². The molecule has 0 fully saturated rings. The maximum Gasteiger partial charge on any atom is 0.336 e. The Bertz CT molecular complexity index is 1130. The van der Waals surface area contributed by atoms with Gasteiger partial charge in [-0.1, -0.05) is 36.4 Å². The summed E-state index contributed by atoms with van der Waals surface area (Å²) >= 11 is 1.58. The molecule has 0 spiro atoms. The number of carboxylic acid groups (broad SMARTS) is 1. The van der Waals surface area contributed by atoms with Gasteiger partial charge in [0.05, 0.1) is 21.3 Å². The second-order valence-corrected chi connectivity index (χ2v) is 6.90. The second-order valence-electron chi connectivity index (χ2n) is 5.87. The summed E-state index contributed by atoms with van der Waals surface area (Å²) in [7, 11) is 0. The first-order chi connectivity index (χ1) is 13.1. The Kier molecular flexibility index (Phi) is 4.40. The van der Waals surface area contributed by atoms with E-state index in [-0.39, 0.29) is 11.1 Å². The number of fused-ring (bicyclic) bond motifs is 1. The van der Waals surface area contributed by atoms with Crippen molar-refractivity contribution in [2.75, 3.05) is 5.32 Å². The van der Waals surface area contributed by atoms with Gasteiger partial charge in [0.25, 0.3) is 5.91 Å². The molecule has 132 valence electrons. The molecule has 2 N–H and O–H groups in total. The Morgan fingerprint density at radius 3 is 2.41 bits per heavy atom. The lowest BCUT2D eigenvalue weighted by Gasteiger charge is -2.08. The van der Waals surface area contributed by atoms with Gasteiger partial charge in [0.1, 0.15) is 5.01 Å². The summed E-state index contributed by atoms with van der Waals surface area (Å²) in [5, 5.41) is 12.9. The molecule has 1 heterocycles. The number of nitrogens with one attached hydrogen (secondary N) is 1. The molecule has 0 saturated heterocycles. The van der Waals surface area contributed by atoms with Crippen molar-refractivity contribution in [2.45, 2.75) is 0 Å². The predicted octanol–water partition coefficient (Wildman–Crippen LogP) is 4.91. The van der Waals surface area contributed by atoms with Crippen molar-refractivity contribution in [2.24, 2.45) is 0 Å². The van der Waals surface area contributed by atoms with Gasteiger partial charge in [0.2, 0.25) is 0 Å². The molecular formula is C21H14N2O3S. The van der Waals surface area contributed by atoms with Crippen LogP contribution in [-0.2, 0) is 0 Å². The first-order valence-corrected chi connectivity index (χ1v) is 9.03. The van der Waals surface area contributed by atoms with E-state index in [1.807, 2.05) is 42.5 Å². The number of anilines is 1. The topological polar surface area (TPSA) is 79.3 Å². The number of nitrogens with zero attached hydrogens (tertiary/aromatic N) is 1. The molecule has 0 radical (unpaired) electrons. The fourth-order valence-electron chi connectivity index (χ4n) is 2.79. The van der Waals surface area contributed by atoms with Crippen LogP contribution < -0.4 is 5.32 Å². The zero-order valence-electron chi connectivity index (χ0n) is 14.0. The van der Waals surface area contributed by atoms with Crippen molar-refractivity contribution in [3.63, 3.8) is 0 Å². The number of carbonyl (C=O) groups is 2. The number of carbonyl (C=O) groups excluding carboxylic acids is 1. The fraction of sp³-hybridized carbons (Fsp3) is 0. The highest BCUT2D eigenvalue weighted by Gasteiger charge is 2.16. The van der Waals surface area contributed by atoms with Gasteiger partial charge in [0.15, 0.2) is 0 Å². The molecular weight excluding hydrogens is 360 g/mol. The van der Waals surface area contributed by atoms with Crippen molar-refractivity contribution in [1.29, 1.82) is 0 Å². The van der Waals surface area contributed by atoms with Crippen molar-refractivity contribution in [3.8, 4) is 10.6 Å². The number of hydrogen-bond acceptors (Lipinski definition) is 4. The SMILES string of the molecule is O=C(O)c1ccccc1C(=O)Nc1cccc(-c2nc3ccccc3s2)c1. The smallest absolute Gasteiger partial charge is 0.336 e. The molecule has 1 aromatic heterocycles. The van der Waals surface area contributed by atoms with Crippen LogP contribution in [0.3, 0.4) is 0 Å². The molecule has 0 saturated carbocycles. The summed E-state index contributed by atoms with van der Waals surface area (Å²) in [5.74, 6) is -1.60. The summed E-state index contributed by atoms with van der Waals surface area (Å²) in [4.78, 5) is 28.5. The molecule has 27 heavy (non-hydrogen) atoms. The fourth-order valence-corrected chi connectivity index (χ4v) is 3.75. The minimum atomic E-state index is -1.14. The third-order valence-corrected chi connectivity index (χ3v) is 5.15. The standard InChI is InChI=1S/C21H14N2O3S/c24-19(15-8-1-2-9-16(15)21(25)26)22-14-7-5-6-13(12-14)20-23-17-10-3-4-11-18(17)27-20/h1-12H,(H,22,24)(H,25,26). The Morgan fingerprint density at radius 1 is 0.889 bits per heavy atom. The molecule has 0 atom stereocenters. The minimum Gasteiger partial charge on any atom is -0.478 e. The normalized spacial score (nSPS) is 10.7. The molecule has 6 heteroatoms. The van der Waals surface area contributed by atoms with Gasteiger partial charge < -0.3 is 10.4 Å². The maximum absolute atomic E-state index is 12.5. The van der Waals surface area contributed by atoms with E-state index >= 15 is 0 Å². The number of aromatic nitrogens is 1. The Balaban J connectivity index is 1.63. The van der Waals surface area contributed by atoms with E-state index in [0.717, 1.165) is 20.8 Å². The van der Waals surface area contributed by atoms with Gasteiger partial charge in [0, 0.05) is 11.3 Å². The number of para-hydroxylation sites is 1. The van der Waals surface area contributed by atoms with Crippen molar-refractivity contribution < 1.29 is 14.7 Å². The van der Waals surface area contributed by atoms with Gasteiger partial charge in [-0.15, -0.1) is 11.3 Å². The van der Waals surface area contributed by atoms with Crippen LogP contribution in [0.25, 0.3) is 20.8 Å². The third kappa shape index (κ3) is 3.43. The molecule has 4 aromatic rings. The van der Waals surface area contributed by atoms with Crippen LogP contribution in [0.1, 0.15) is 20.7 Å². The number of thiazole rings is 1. The van der Waals surface area contributed by atoms with Gasteiger partial charge in [-0.3, -0.25) is 4.79 Å². The number of rotatable bonds is 4. The van der Waals surface area contributed by atoms with Gasteiger partial charge in [-0.25, -0.2) is 9.78 Å². The van der Waals surface area contributed by atoms with Crippen LogP contribution in [0.5, 0.6) is 0 Å². The van der Waals surface area contributed by atoms with E-state index in [9.17, 15) is 14.7 Å². The number of benzene rings is 3. The molecule has 0 aliphatic rings. The summed E-state index contributed by atoms with van der Waals surface area (Å²) in [6.07, 6.45) is 0. The first-order valence-electron chi connectivity index (χ1n) is 8.21. The third-order valence-electron chi connectivity index (χ3n) is 4.06. The van der Waals surface area contributed by atoms with Gasteiger partial charge >= 0.3 is 5.97 Å². The minimum absolute atomic E-state index is 0.0303. The lowest BCUT2D eigenvalue weighted by atomic mass is 10.1. The van der Waals surface area contributed by atoms with Crippen LogP contribution in [0.2, 0.25) is 0 Å². The zero-order valence-corrected chi connectivity index (χ0v) is 14.9. The van der Waals surface area contributed by atoms with Crippen molar-refractivity contribution >= 4 is 39.1 Å². The van der Waals surface area contributed by atoms with Crippen LogP contribution in [0.4, 0.5) is 5.69 Å². The number of aromatic carboxylic acids is 1. The molecule has 3 aromatic carbocycles. The first kappa shape index (κ1) is 16.9. The molecule has 1 amide bonds. The lowest BCUT2D eigenvalue weighted by molar-refractivity contribution is 0.0692. The van der Waals surface area contributed by atoms with E-state index < -0.39 is 11.9 Å². The number of carboxylic acids is 1. The van der Waals surface area contributed by atoms with Crippen LogP contribution in [0, 0.1) is 0 Å². The molecule has 0 aliphatic heterocycles. The number of amides is 1. The summed E-state index contributed by atoms with van der Waals surface area (Å²) in [6.45, 7) is 0. The highest BCUT2D eigenvalue weighted by atomic mass is 32.1. The van der Waals surface area contributed by atoms with E-state index in [2.05, 4.69) is 10.3 Å². The largest absolute Gasteiger partial charge is 0.478 e. The Morgan fingerprint density at radius 2 is 1.63 bits per heavy atom. The summed E-state index contributed by atoms with van der Waals surface area (Å²) in [6, 6.07) is 21.4. The van der Waals surface area contributed by atoms with Crippen molar-refractivity contribution in [1.82, 2.24) is 4.98 Å². The van der Waals surface area contributed by atoms with Gasteiger partial charge in [-0.2, -0.15) is 0 Å². The molecule has 0 bridgehead atoms. The Hall–Kier alpha value is -3.51. The van der Waals surface area contributed by atoms with E-state index in [1.54, 1.807) is 29.5 Å². The monoisotopic (exact) mass is 374 g/mol. The lowest BCUT2D eigenvalue weighted by Crippen LogP contribution is -2.16. The molecule has 5 nitrogen and oxygen atoms in total. The zero-order chi connectivity index (χ0) is 18.8. The van der Waals surface area contributed by atoms with Crippen LogP contribution in [0.15, 0.2) is 72.8 Å². The highest BCUT2D eigenvalue weighted by molar-refractivity contribution is 7.21. The molecule has 0 unspecified atom stereocenters. The molecule has 4 rings (SSSR count). The maximum atomic E-state index is 12.5. The van der Waals surface area contributed by atoms with Gasteiger partial charge in [-0.05, 0) is 36.4 Å². The average Bonchev–Trinajstić information content (AvgIpc) is 3.12. The summed E-state index contributed by atoms with van der Waals surface area (Å²) < 4.78 is 1.09. The quantitative estimate of drug-likeness (QED) is 0.532. The molecule has 0 aliphatic carbocycles. The predicted molar refractivity (Wildman–Crippen MR) is 106 cm³/mol. The van der Waals surface area contributed by atoms with E-state index in [1.165, 1.54) is 12.1 Å². The summed E-state index contributed by atoms with van der Waals surface area (Å²) in [5.41, 5.74) is 2.49. The average molecular weight is 374 g/mol. The van der Waals surface area contributed by atoms with Crippen LogP contribution in [-0.4, -0.2) is 22.0 Å². The Labute approximate surface area is 158 Å². The van der Waals surface area contributed by atoms with E-state index in [0.29, 0.717) is 5.69 Å². The highest BCUT2D eigenvalue weighted by Crippen LogP contribution is 2.31. The number of hydrogen-bond donors (Lipinski definition) is 2. The van der Waals surface area contributed by atoms with E-state index in [4.69, 9.17) is 0 Å². The second kappa shape index (κ2) is 7.01. The van der Waals surface area contributed by atoms with Crippen LogP contribution >= 0.6 is 11.3 Å².